The summed E-state index contributed by atoms with van der Waals surface area (Å²) in [4.78, 5) is 25.9. The molecule has 0 atom stereocenters. The number of aryl methyl sites for hydroxylation is 3. The number of rotatable bonds is 4. The number of benzene rings is 1. The Morgan fingerprint density at radius 3 is 2.83 bits per heavy atom. The Balaban J connectivity index is 1.69. The number of nitrogens with one attached hydrogen (secondary N) is 1. The SMILES string of the molecule is Cc1ccc2c(c1)N(CC(=O)NCc1cc(C)nn1C)C(=O)CO2. The molecular weight excluding hydrogens is 308 g/mol. The highest BCUT2D eigenvalue weighted by Crippen LogP contribution is 2.32. The van der Waals surface area contributed by atoms with E-state index < -0.39 is 0 Å². The number of carbonyl (C=O) groups is 2. The number of fused-ring (bicyclic) bond motifs is 1. The van der Waals surface area contributed by atoms with Crippen LogP contribution in [0.5, 0.6) is 5.75 Å². The molecule has 7 nitrogen and oxygen atoms in total. The first kappa shape index (κ1) is 16.0. The Bertz CT molecular complexity index is 797. The monoisotopic (exact) mass is 328 g/mol. The largest absolute Gasteiger partial charge is 0.482 e. The Morgan fingerprint density at radius 2 is 2.12 bits per heavy atom. The van der Waals surface area contributed by atoms with Crippen LogP contribution in [0.4, 0.5) is 5.69 Å². The molecule has 2 aromatic rings. The van der Waals surface area contributed by atoms with Crippen LogP contribution in [0.25, 0.3) is 0 Å². The van der Waals surface area contributed by atoms with Gasteiger partial charge in [-0.2, -0.15) is 5.10 Å². The normalized spacial score (nSPS) is 13.5. The molecule has 1 N–H and O–H groups in total. The molecule has 2 amide bonds. The molecule has 0 saturated carbocycles. The van der Waals surface area contributed by atoms with Crippen LogP contribution in [0, 0.1) is 13.8 Å². The van der Waals surface area contributed by atoms with Gasteiger partial charge in [-0.05, 0) is 37.6 Å². The summed E-state index contributed by atoms with van der Waals surface area (Å²) in [5, 5.41) is 7.07. The minimum Gasteiger partial charge on any atom is -0.482 e. The predicted octanol–water partition coefficient (Wildman–Crippen LogP) is 1.08. The van der Waals surface area contributed by atoms with Gasteiger partial charge >= 0.3 is 0 Å². The zero-order chi connectivity index (χ0) is 17.3. The van der Waals surface area contributed by atoms with Crippen molar-refractivity contribution in [3.63, 3.8) is 0 Å². The quantitative estimate of drug-likeness (QED) is 0.911. The summed E-state index contributed by atoms with van der Waals surface area (Å²) < 4.78 is 7.15. The fourth-order valence-corrected chi connectivity index (χ4v) is 2.70. The van der Waals surface area contributed by atoms with Crippen molar-refractivity contribution in [2.45, 2.75) is 20.4 Å². The van der Waals surface area contributed by atoms with E-state index in [0.717, 1.165) is 17.0 Å². The van der Waals surface area contributed by atoms with Crippen LogP contribution in [-0.4, -0.2) is 34.7 Å². The van der Waals surface area contributed by atoms with Gasteiger partial charge in [0.2, 0.25) is 5.91 Å². The van der Waals surface area contributed by atoms with E-state index in [1.165, 1.54) is 4.90 Å². The Kier molecular flexibility index (Phi) is 4.24. The molecule has 0 bridgehead atoms. The molecule has 2 heterocycles. The lowest BCUT2D eigenvalue weighted by molar-refractivity contribution is -0.125. The summed E-state index contributed by atoms with van der Waals surface area (Å²) in [6, 6.07) is 7.50. The van der Waals surface area contributed by atoms with Gasteiger partial charge in [0.1, 0.15) is 12.3 Å². The Labute approximate surface area is 140 Å². The molecule has 1 aliphatic rings. The predicted molar refractivity (Wildman–Crippen MR) is 88.8 cm³/mol. The van der Waals surface area contributed by atoms with Gasteiger partial charge in [0.15, 0.2) is 6.61 Å². The maximum Gasteiger partial charge on any atom is 0.265 e. The molecule has 1 aromatic carbocycles. The molecule has 1 aliphatic heterocycles. The molecule has 0 saturated heterocycles. The fraction of sp³-hybridized carbons (Fsp3) is 0.353. The van der Waals surface area contributed by atoms with Crippen molar-refractivity contribution in [3.8, 4) is 5.75 Å². The van der Waals surface area contributed by atoms with Gasteiger partial charge < -0.3 is 10.1 Å². The molecule has 0 radical (unpaired) electrons. The van der Waals surface area contributed by atoms with E-state index >= 15 is 0 Å². The van der Waals surface area contributed by atoms with Gasteiger partial charge in [0.25, 0.3) is 5.91 Å². The number of hydrogen-bond acceptors (Lipinski definition) is 4. The third-order valence-electron chi connectivity index (χ3n) is 3.92. The Hall–Kier alpha value is -2.83. The average Bonchev–Trinajstić information content (AvgIpc) is 2.86. The van der Waals surface area contributed by atoms with Crippen molar-refractivity contribution >= 4 is 17.5 Å². The third kappa shape index (κ3) is 3.24. The highest BCUT2D eigenvalue weighted by Gasteiger charge is 2.27. The molecule has 0 fully saturated rings. The van der Waals surface area contributed by atoms with Crippen molar-refractivity contribution in [1.29, 1.82) is 0 Å². The minimum absolute atomic E-state index is 0.0323. The van der Waals surface area contributed by atoms with Gasteiger partial charge in [-0.15, -0.1) is 0 Å². The number of carbonyl (C=O) groups excluding carboxylic acids is 2. The number of aromatic nitrogens is 2. The number of ether oxygens (including phenoxy) is 1. The summed E-state index contributed by atoms with van der Waals surface area (Å²) >= 11 is 0. The first-order chi connectivity index (χ1) is 11.4. The van der Waals surface area contributed by atoms with Gasteiger partial charge in [0.05, 0.1) is 23.6 Å². The average molecular weight is 328 g/mol. The number of amides is 2. The van der Waals surface area contributed by atoms with Crippen LogP contribution in [0.15, 0.2) is 24.3 Å². The van der Waals surface area contributed by atoms with Crippen LogP contribution >= 0.6 is 0 Å². The van der Waals surface area contributed by atoms with Crippen molar-refractivity contribution in [2.24, 2.45) is 7.05 Å². The maximum atomic E-state index is 12.3. The van der Waals surface area contributed by atoms with Gasteiger partial charge in [-0.25, -0.2) is 0 Å². The van der Waals surface area contributed by atoms with Crippen LogP contribution < -0.4 is 15.0 Å². The minimum atomic E-state index is -0.225. The van der Waals surface area contributed by atoms with Gasteiger partial charge in [0, 0.05) is 7.05 Å². The second-order valence-electron chi connectivity index (χ2n) is 5.92. The smallest absolute Gasteiger partial charge is 0.265 e. The van der Waals surface area contributed by atoms with E-state index in [0.29, 0.717) is 18.0 Å². The summed E-state index contributed by atoms with van der Waals surface area (Å²) in [6.45, 7) is 4.12. The second-order valence-corrected chi connectivity index (χ2v) is 5.92. The van der Waals surface area contributed by atoms with Crippen molar-refractivity contribution in [2.75, 3.05) is 18.1 Å². The molecule has 0 spiro atoms. The van der Waals surface area contributed by atoms with Crippen molar-refractivity contribution in [3.05, 3.63) is 41.2 Å². The second kappa shape index (κ2) is 6.35. The van der Waals surface area contributed by atoms with E-state index in [4.69, 9.17) is 4.74 Å². The lowest BCUT2D eigenvalue weighted by Gasteiger charge is -2.29. The van der Waals surface area contributed by atoms with Crippen LogP contribution in [0.3, 0.4) is 0 Å². The first-order valence-electron chi connectivity index (χ1n) is 7.74. The summed E-state index contributed by atoms with van der Waals surface area (Å²) in [6.07, 6.45) is 0. The lowest BCUT2D eigenvalue weighted by Crippen LogP contribution is -2.45. The molecule has 0 aliphatic carbocycles. The summed E-state index contributed by atoms with van der Waals surface area (Å²) in [7, 11) is 1.83. The molecular formula is C17H20N4O3. The fourth-order valence-electron chi connectivity index (χ4n) is 2.70. The van der Waals surface area contributed by atoms with Crippen LogP contribution in [0.2, 0.25) is 0 Å². The molecule has 126 valence electrons. The number of hydrogen-bond donors (Lipinski definition) is 1. The molecule has 3 rings (SSSR count). The van der Waals surface area contributed by atoms with E-state index in [2.05, 4.69) is 10.4 Å². The standard InChI is InChI=1S/C17H20N4O3/c1-11-4-5-15-14(6-11)21(17(23)10-24-15)9-16(22)18-8-13-7-12(2)19-20(13)3/h4-7H,8-10H2,1-3H3,(H,18,22). The molecule has 24 heavy (non-hydrogen) atoms. The zero-order valence-electron chi connectivity index (χ0n) is 14.0. The van der Waals surface area contributed by atoms with E-state index in [1.54, 1.807) is 4.68 Å². The Morgan fingerprint density at radius 1 is 1.33 bits per heavy atom. The van der Waals surface area contributed by atoms with E-state index in [1.807, 2.05) is 45.2 Å². The van der Waals surface area contributed by atoms with Crippen LogP contribution in [-0.2, 0) is 23.2 Å². The molecule has 1 aromatic heterocycles. The maximum absolute atomic E-state index is 12.3. The highest BCUT2D eigenvalue weighted by atomic mass is 16.5. The van der Waals surface area contributed by atoms with Gasteiger partial charge in [-0.1, -0.05) is 6.07 Å². The molecule has 7 heteroatoms. The summed E-state index contributed by atoms with van der Waals surface area (Å²) in [5.41, 5.74) is 3.44. The van der Waals surface area contributed by atoms with Crippen LogP contribution in [0.1, 0.15) is 17.0 Å². The topological polar surface area (TPSA) is 76.5 Å². The lowest BCUT2D eigenvalue weighted by atomic mass is 10.1. The van der Waals surface area contributed by atoms with Gasteiger partial charge in [-0.3, -0.25) is 19.2 Å². The summed E-state index contributed by atoms with van der Waals surface area (Å²) in [5.74, 6) is 0.173. The molecule has 0 unspecified atom stereocenters. The zero-order valence-corrected chi connectivity index (χ0v) is 14.0. The third-order valence-corrected chi connectivity index (χ3v) is 3.92. The van der Waals surface area contributed by atoms with E-state index in [9.17, 15) is 9.59 Å². The number of nitrogens with zero attached hydrogens (tertiary/aromatic N) is 3. The first-order valence-corrected chi connectivity index (χ1v) is 7.74. The van der Waals surface area contributed by atoms with Crippen molar-refractivity contribution in [1.82, 2.24) is 15.1 Å². The number of anilines is 1. The van der Waals surface area contributed by atoms with E-state index in [-0.39, 0.29) is 25.0 Å². The highest BCUT2D eigenvalue weighted by molar-refractivity contribution is 6.02. The van der Waals surface area contributed by atoms with Crippen molar-refractivity contribution < 1.29 is 14.3 Å².